The van der Waals surface area contributed by atoms with Crippen molar-refractivity contribution in [1.29, 1.82) is 0 Å². The molecular weight excluding hydrogens is 268 g/mol. The second-order valence-electron chi connectivity index (χ2n) is 5.17. The summed E-state index contributed by atoms with van der Waals surface area (Å²) in [6, 6.07) is 7.23. The fourth-order valence-electron chi connectivity index (χ4n) is 1.97. The molecule has 1 rings (SSSR count). The van der Waals surface area contributed by atoms with E-state index in [1.165, 1.54) is 0 Å². The van der Waals surface area contributed by atoms with Crippen LogP contribution in [0.2, 0.25) is 0 Å². The Kier molecular flexibility index (Phi) is 6.84. The zero-order valence-corrected chi connectivity index (χ0v) is 12.9. The lowest BCUT2D eigenvalue weighted by molar-refractivity contribution is -0.130. The lowest BCUT2D eigenvalue weighted by Gasteiger charge is -2.23. The van der Waals surface area contributed by atoms with Gasteiger partial charge in [0.1, 0.15) is 0 Å². The highest BCUT2D eigenvalue weighted by atomic mass is 16.2. The maximum atomic E-state index is 11.8. The number of carbonyl (C=O) groups is 2. The molecule has 0 heterocycles. The first kappa shape index (κ1) is 17.1. The molecule has 0 aliphatic rings. The van der Waals surface area contributed by atoms with E-state index < -0.39 is 0 Å². The van der Waals surface area contributed by atoms with Crippen molar-refractivity contribution in [2.24, 2.45) is 5.84 Å². The molecule has 0 saturated carbocycles. The molecule has 2 amide bonds. The number of rotatable bonds is 7. The summed E-state index contributed by atoms with van der Waals surface area (Å²) >= 11 is 0. The van der Waals surface area contributed by atoms with Crippen LogP contribution in [0.15, 0.2) is 24.3 Å². The minimum atomic E-state index is -0.310. The number of hydrogen-bond acceptors (Lipinski definition) is 4. The van der Waals surface area contributed by atoms with Gasteiger partial charge in [-0.2, -0.15) is 0 Å². The highest BCUT2D eigenvalue weighted by molar-refractivity contribution is 5.93. The predicted molar refractivity (Wildman–Crippen MR) is 82.4 cm³/mol. The normalized spacial score (nSPS) is 10.5. The molecule has 21 heavy (non-hydrogen) atoms. The van der Waals surface area contributed by atoms with Crippen molar-refractivity contribution in [3.8, 4) is 0 Å². The van der Waals surface area contributed by atoms with Crippen LogP contribution in [0, 0.1) is 0 Å². The number of carbonyl (C=O) groups excluding carboxylic acids is 2. The van der Waals surface area contributed by atoms with Gasteiger partial charge in [-0.25, -0.2) is 5.84 Å². The molecule has 0 atom stereocenters. The highest BCUT2D eigenvalue weighted by Crippen LogP contribution is 2.08. The maximum Gasteiger partial charge on any atom is 0.265 e. The molecule has 0 aromatic heterocycles. The summed E-state index contributed by atoms with van der Waals surface area (Å²) in [7, 11) is 3.51. The fraction of sp³-hybridized carbons (Fsp3) is 0.467. The zero-order chi connectivity index (χ0) is 15.8. The average Bonchev–Trinajstić information content (AvgIpc) is 2.47. The van der Waals surface area contributed by atoms with Gasteiger partial charge in [0, 0.05) is 26.2 Å². The Labute approximate surface area is 125 Å². The van der Waals surface area contributed by atoms with E-state index in [1.807, 2.05) is 12.1 Å². The quantitative estimate of drug-likeness (QED) is 0.438. The van der Waals surface area contributed by atoms with Gasteiger partial charge in [-0.1, -0.05) is 19.1 Å². The summed E-state index contributed by atoms with van der Waals surface area (Å²) in [5.41, 5.74) is 3.68. The Balaban J connectivity index is 2.70. The Hall–Kier alpha value is -1.92. The van der Waals surface area contributed by atoms with Crippen LogP contribution in [0.5, 0.6) is 0 Å². The molecule has 0 fully saturated rings. The maximum absolute atomic E-state index is 11.8. The van der Waals surface area contributed by atoms with Gasteiger partial charge in [0.25, 0.3) is 5.91 Å². The van der Waals surface area contributed by atoms with Crippen LogP contribution >= 0.6 is 0 Å². The predicted octanol–water partition coefficient (Wildman–Crippen LogP) is 0.590. The molecule has 0 unspecified atom stereocenters. The van der Waals surface area contributed by atoms with Crippen molar-refractivity contribution >= 4 is 11.8 Å². The van der Waals surface area contributed by atoms with Crippen molar-refractivity contribution in [3.05, 3.63) is 35.4 Å². The van der Waals surface area contributed by atoms with Crippen LogP contribution in [0.25, 0.3) is 0 Å². The van der Waals surface area contributed by atoms with Gasteiger partial charge in [0.15, 0.2) is 0 Å². The molecule has 0 spiro atoms. The molecule has 1 aromatic carbocycles. The van der Waals surface area contributed by atoms with E-state index in [0.29, 0.717) is 18.7 Å². The SMILES string of the molecule is CCCN(CC(=O)N(C)C)Cc1ccc(C(=O)NN)cc1. The van der Waals surface area contributed by atoms with Gasteiger partial charge < -0.3 is 4.90 Å². The van der Waals surface area contributed by atoms with Gasteiger partial charge in [0.05, 0.1) is 6.54 Å². The Bertz CT molecular complexity index is 471. The first-order valence-corrected chi connectivity index (χ1v) is 7.00. The number of likely N-dealkylation sites (N-methyl/N-ethyl adjacent to an activating group) is 1. The molecule has 0 bridgehead atoms. The molecule has 0 radical (unpaired) electrons. The van der Waals surface area contributed by atoms with Crippen LogP contribution < -0.4 is 11.3 Å². The summed E-state index contributed by atoms with van der Waals surface area (Å²) < 4.78 is 0. The minimum absolute atomic E-state index is 0.0857. The number of nitrogens with two attached hydrogens (primary N) is 1. The van der Waals surface area contributed by atoms with Crippen LogP contribution in [0.4, 0.5) is 0 Å². The van der Waals surface area contributed by atoms with Gasteiger partial charge >= 0.3 is 0 Å². The first-order valence-electron chi connectivity index (χ1n) is 7.00. The number of nitrogens with one attached hydrogen (secondary N) is 1. The smallest absolute Gasteiger partial charge is 0.265 e. The number of amides is 2. The second kappa shape index (κ2) is 8.39. The van der Waals surface area contributed by atoms with Gasteiger partial charge in [-0.15, -0.1) is 0 Å². The number of hydrogen-bond donors (Lipinski definition) is 2. The summed E-state index contributed by atoms with van der Waals surface area (Å²) in [6.07, 6.45) is 0.981. The molecular formula is C15H24N4O2. The first-order chi connectivity index (χ1) is 9.97. The average molecular weight is 292 g/mol. The lowest BCUT2D eigenvalue weighted by atomic mass is 10.1. The minimum Gasteiger partial charge on any atom is -0.348 e. The van der Waals surface area contributed by atoms with Crippen LogP contribution in [-0.2, 0) is 11.3 Å². The van der Waals surface area contributed by atoms with Crippen LogP contribution in [-0.4, -0.2) is 48.8 Å². The van der Waals surface area contributed by atoms with E-state index in [2.05, 4.69) is 17.2 Å². The van der Waals surface area contributed by atoms with Crippen molar-refractivity contribution in [3.63, 3.8) is 0 Å². The van der Waals surface area contributed by atoms with Crippen molar-refractivity contribution in [2.45, 2.75) is 19.9 Å². The van der Waals surface area contributed by atoms with Gasteiger partial charge in [-0.05, 0) is 30.7 Å². The monoisotopic (exact) mass is 292 g/mol. The third-order valence-corrected chi connectivity index (χ3v) is 3.15. The third-order valence-electron chi connectivity index (χ3n) is 3.15. The molecule has 0 aliphatic carbocycles. The van der Waals surface area contributed by atoms with E-state index in [0.717, 1.165) is 18.5 Å². The number of benzene rings is 1. The fourth-order valence-corrected chi connectivity index (χ4v) is 1.97. The molecule has 0 aliphatic heterocycles. The molecule has 116 valence electrons. The number of nitrogens with zero attached hydrogens (tertiary/aromatic N) is 2. The van der Waals surface area contributed by atoms with E-state index in [9.17, 15) is 9.59 Å². The topological polar surface area (TPSA) is 78.7 Å². The van der Waals surface area contributed by atoms with E-state index in [-0.39, 0.29) is 11.8 Å². The van der Waals surface area contributed by atoms with Crippen molar-refractivity contribution in [2.75, 3.05) is 27.2 Å². The van der Waals surface area contributed by atoms with Crippen molar-refractivity contribution < 1.29 is 9.59 Å². The summed E-state index contributed by atoms with van der Waals surface area (Å²) in [6.45, 7) is 4.01. The number of nitrogen functional groups attached to an aromatic ring is 1. The van der Waals surface area contributed by atoms with Gasteiger partial charge in [-0.3, -0.25) is 19.9 Å². The van der Waals surface area contributed by atoms with Crippen LogP contribution in [0.1, 0.15) is 29.3 Å². The summed E-state index contributed by atoms with van der Waals surface area (Å²) in [5.74, 6) is 4.87. The Morgan fingerprint density at radius 1 is 1.19 bits per heavy atom. The standard InChI is InChI=1S/C15H24N4O2/c1-4-9-19(11-14(20)18(2)3)10-12-5-7-13(8-6-12)15(21)17-16/h5-8H,4,9-11,16H2,1-3H3,(H,17,21). The molecule has 6 nitrogen and oxygen atoms in total. The summed E-state index contributed by atoms with van der Waals surface area (Å²) in [5, 5.41) is 0. The molecule has 0 saturated heterocycles. The van der Waals surface area contributed by atoms with Crippen molar-refractivity contribution in [1.82, 2.24) is 15.2 Å². The molecule has 6 heteroatoms. The summed E-state index contributed by atoms with van der Waals surface area (Å²) in [4.78, 5) is 26.9. The number of hydrazine groups is 1. The largest absolute Gasteiger partial charge is 0.348 e. The third kappa shape index (κ3) is 5.53. The zero-order valence-electron chi connectivity index (χ0n) is 12.9. The Morgan fingerprint density at radius 3 is 2.29 bits per heavy atom. The van der Waals surface area contributed by atoms with E-state index >= 15 is 0 Å². The Morgan fingerprint density at radius 2 is 1.81 bits per heavy atom. The van der Waals surface area contributed by atoms with E-state index in [1.54, 1.807) is 31.1 Å². The molecule has 1 aromatic rings. The van der Waals surface area contributed by atoms with E-state index in [4.69, 9.17) is 5.84 Å². The lowest BCUT2D eigenvalue weighted by Crippen LogP contribution is -2.36. The van der Waals surface area contributed by atoms with Crippen LogP contribution in [0.3, 0.4) is 0 Å². The second-order valence-corrected chi connectivity index (χ2v) is 5.17. The highest BCUT2D eigenvalue weighted by Gasteiger charge is 2.12. The van der Waals surface area contributed by atoms with Gasteiger partial charge in [0.2, 0.25) is 5.91 Å². The molecule has 3 N–H and O–H groups in total.